The molecule has 2 unspecified atom stereocenters. The van der Waals surface area contributed by atoms with Crippen LogP contribution in [0.3, 0.4) is 0 Å². The Morgan fingerprint density at radius 1 is 1.69 bits per heavy atom. The summed E-state index contributed by atoms with van der Waals surface area (Å²) in [5, 5.41) is 13.2. The van der Waals surface area contributed by atoms with E-state index in [1.54, 1.807) is 0 Å². The molecule has 0 spiro atoms. The van der Waals surface area contributed by atoms with E-state index in [4.69, 9.17) is 5.73 Å². The van der Waals surface area contributed by atoms with Crippen LogP contribution in [-0.4, -0.2) is 29.8 Å². The number of guanidine groups is 1. The number of nitrogens with one attached hydrogen (secondary N) is 1. The van der Waals surface area contributed by atoms with Crippen LogP contribution in [0.25, 0.3) is 0 Å². The molecule has 4 heteroatoms. The van der Waals surface area contributed by atoms with Crippen LogP contribution in [0, 0.1) is 5.92 Å². The van der Waals surface area contributed by atoms with Crippen molar-refractivity contribution in [1.29, 1.82) is 0 Å². The molecule has 1 aliphatic rings. The van der Waals surface area contributed by atoms with Gasteiger partial charge in [0, 0.05) is 6.54 Å². The minimum absolute atomic E-state index is 0.310. The number of nitrogens with zero attached hydrogens (tertiary/aromatic N) is 1. The van der Waals surface area contributed by atoms with E-state index in [-0.39, 0.29) is 0 Å². The van der Waals surface area contributed by atoms with Gasteiger partial charge >= 0.3 is 0 Å². The quantitative estimate of drug-likeness (QED) is 0.380. The standard InChI is InChI=1S/C12H23N3O/c1-9(2)7-14-11(13)15-8-12(16)6-4-5-10(12)3/h10,16H,1,4-8H2,2-3H3,(H3,13,14,15). The number of aliphatic hydroxyl groups is 1. The maximum absolute atomic E-state index is 10.3. The lowest BCUT2D eigenvalue weighted by Crippen LogP contribution is -2.38. The lowest BCUT2D eigenvalue weighted by molar-refractivity contribution is 0.0187. The topological polar surface area (TPSA) is 70.6 Å². The van der Waals surface area contributed by atoms with Gasteiger partial charge in [-0.15, -0.1) is 0 Å². The van der Waals surface area contributed by atoms with E-state index >= 15 is 0 Å². The van der Waals surface area contributed by atoms with E-state index in [0.717, 1.165) is 24.8 Å². The largest absolute Gasteiger partial charge is 0.388 e. The summed E-state index contributed by atoms with van der Waals surface area (Å²) in [6.45, 7) is 8.78. The maximum atomic E-state index is 10.3. The first-order valence-corrected chi connectivity index (χ1v) is 5.84. The molecule has 16 heavy (non-hydrogen) atoms. The van der Waals surface area contributed by atoms with Gasteiger partial charge in [0.2, 0.25) is 0 Å². The monoisotopic (exact) mass is 225 g/mol. The normalized spacial score (nSPS) is 30.4. The maximum Gasteiger partial charge on any atom is 0.188 e. The summed E-state index contributed by atoms with van der Waals surface area (Å²) < 4.78 is 0. The number of nitrogens with two attached hydrogens (primary N) is 1. The van der Waals surface area contributed by atoms with E-state index in [9.17, 15) is 5.11 Å². The van der Waals surface area contributed by atoms with E-state index in [1.165, 1.54) is 0 Å². The van der Waals surface area contributed by atoms with Gasteiger partial charge in [-0.3, -0.25) is 4.99 Å². The molecule has 0 bridgehead atoms. The van der Waals surface area contributed by atoms with Crippen LogP contribution in [-0.2, 0) is 0 Å². The fourth-order valence-electron chi connectivity index (χ4n) is 1.98. The van der Waals surface area contributed by atoms with Gasteiger partial charge in [-0.05, 0) is 25.7 Å². The third-order valence-corrected chi connectivity index (χ3v) is 3.26. The third-order valence-electron chi connectivity index (χ3n) is 3.26. The zero-order valence-electron chi connectivity index (χ0n) is 10.3. The van der Waals surface area contributed by atoms with Crippen molar-refractivity contribution in [3.63, 3.8) is 0 Å². The molecule has 1 saturated carbocycles. The Hall–Kier alpha value is -1.03. The Kier molecular flexibility index (Phi) is 4.35. The van der Waals surface area contributed by atoms with Crippen LogP contribution in [0.4, 0.5) is 0 Å². The molecule has 1 fully saturated rings. The first-order valence-electron chi connectivity index (χ1n) is 5.84. The molecule has 0 radical (unpaired) electrons. The lowest BCUT2D eigenvalue weighted by Gasteiger charge is -2.25. The Balaban J connectivity index is 2.42. The van der Waals surface area contributed by atoms with Crippen LogP contribution in [0.1, 0.15) is 33.1 Å². The van der Waals surface area contributed by atoms with Crippen LogP contribution < -0.4 is 11.1 Å². The van der Waals surface area contributed by atoms with Crippen LogP contribution in [0.2, 0.25) is 0 Å². The van der Waals surface area contributed by atoms with Crippen molar-refractivity contribution in [3.05, 3.63) is 12.2 Å². The molecule has 0 aliphatic heterocycles. The van der Waals surface area contributed by atoms with Gasteiger partial charge in [0.15, 0.2) is 5.96 Å². The summed E-state index contributed by atoms with van der Waals surface area (Å²) >= 11 is 0. The smallest absolute Gasteiger partial charge is 0.188 e. The molecule has 4 N–H and O–H groups in total. The second-order valence-electron chi connectivity index (χ2n) is 4.91. The van der Waals surface area contributed by atoms with E-state index < -0.39 is 5.60 Å². The Labute approximate surface area is 97.6 Å². The second-order valence-corrected chi connectivity index (χ2v) is 4.91. The molecule has 1 aliphatic carbocycles. The minimum Gasteiger partial charge on any atom is -0.388 e. The predicted molar refractivity (Wildman–Crippen MR) is 67.3 cm³/mol. The average molecular weight is 225 g/mol. The number of hydrogen-bond acceptors (Lipinski definition) is 2. The van der Waals surface area contributed by atoms with E-state index in [0.29, 0.717) is 25.0 Å². The molecule has 0 aromatic carbocycles. The Morgan fingerprint density at radius 3 is 2.88 bits per heavy atom. The molecule has 4 nitrogen and oxygen atoms in total. The van der Waals surface area contributed by atoms with Crippen molar-refractivity contribution in [1.82, 2.24) is 5.32 Å². The average Bonchev–Trinajstić information content (AvgIpc) is 2.54. The van der Waals surface area contributed by atoms with Gasteiger partial charge in [0.05, 0.1) is 12.1 Å². The molecule has 92 valence electrons. The van der Waals surface area contributed by atoms with Crippen molar-refractivity contribution in [3.8, 4) is 0 Å². The first kappa shape index (κ1) is 13.0. The number of hydrogen-bond donors (Lipinski definition) is 3. The Morgan fingerprint density at radius 2 is 2.38 bits per heavy atom. The van der Waals surface area contributed by atoms with Crippen molar-refractivity contribution >= 4 is 5.96 Å². The van der Waals surface area contributed by atoms with Gasteiger partial charge in [0.1, 0.15) is 0 Å². The molecule has 0 saturated heterocycles. The summed E-state index contributed by atoms with van der Waals surface area (Å²) in [6, 6.07) is 0. The molecular formula is C12H23N3O. The summed E-state index contributed by atoms with van der Waals surface area (Å²) in [4.78, 5) is 4.19. The highest BCUT2D eigenvalue weighted by Gasteiger charge is 2.37. The van der Waals surface area contributed by atoms with Crippen molar-refractivity contribution in [2.75, 3.05) is 13.1 Å². The fraction of sp³-hybridized carbons (Fsp3) is 0.750. The van der Waals surface area contributed by atoms with Crippen molar-refractivity contribution < 1.29 is 5.11 Å². The van der Waals surface area contributed by atoms with Crippen molar-refractivity contribution in [2.24, 2.45) is 16.6 Å². The molecule has 0 amide bonds. The number of rotatable bonds is 4. The highest BCUT2D eigenvalue weighted by molar-refractivity contribution is 5.78. The third kappa shape index (κ3) is 3.52. The van der Waals surface area contributed by atoms with Gasteiger partial charge in [-0.2, -0.15) is 0 Å². The number of aliphatic imine (C=N–C) groups is 1. The zero-order chi connectivity index (χ0) is 12.2. The molecule has 0 aromatic rings. The zero-order valence-corrected chi connectivity index (χ0v) is 10.3. The summed E-state index contributed by atoms with van der Waals surface area (Å²) in [5.41, 5.74) is 6.04. The minimum atomic E-state index is -0.657. The predicted octanol–water partition coefficient (Wildman–Crippen LogP) is 1.02. The van der Waals surface area contributed by atoms with Gasteiger partial charge < -0.3 is 16.2 Å². The lowest BCUT2D eigenvalue weighted by atomic mass is 9.93. The SMILES string of the molecule is C=C(C)CNC(N)=NCC1(O)CCCC1C. The molecular weight excluding hydrogens is 202 g/mol. The second kappa shape index (κ2) is 5.34. The van der Waals surface area contributed by atoms with Gasteiger partial charge in [0.25, 0.3) is 0 Å². The summed E-state index contributed by atoms with van der Waals surface area (Å²) in [7, 11) is 0. The first-order chi connectivity index (χ1) is 7.44. The van der Waals surface area contributed by atoms with Gasteiger partial charge in [-0.1, -0.05) is 25.5 Å². The molecule has 2 atom stereocenters. The van der Waals surface area contributed by atoms with Crippen molar-refractivity contribution in [2.45, 2.75) is 38.7 Å². The molecule has 1 rings (SSSR count). The van der Waals surface area contributed by atoms with E-state index in [1.807, 2.05) is 6.92 Å². The summed E-state index contributed by atoms with van der Waals surface area (Å²) in [5.74, 6) is 0.695. The molecule has 0 aromatic heterocycles. The highest BCUT2D eigenvalue weighted by atomic mass is 16.3. The van der Waals surface area contributed by atoms with Crippen LogP contribution in [0.15, 0.2) is 17.1 Å². The van der Waals surface area contributed by atoms with Gasteiger partial charge in [-0.25, -0.2) is 0 Å². The van der Waals surface area contributed by atoms with E-state index in [2.05, 4.69) is 23.8 Å². The molecule has 0 heterocycles. The van der Waals surface area contributed by atoms with Crippen LogP contribution >= 0.6 is 0 Å². The highest BCUT2D eigenvalue weighted by Crippen LogP contribution is 2.35. The van der Waals surface area contributed by atoms with Crippen LogP contribution in [0.5, 0.6) is 0 Å². The Bertz CT molecular complexity index is 288. The summed E-state index contributed by atoms with van der Waals surface area (Å²) in [6.07, 6.45) is 2.98. The fourth-order valence-corrected chi connectivity index (χ4v) is 1.98.